The molecule has 32 heavy (non-hydrogen) atoms. The van der Waals surface area contributed by atoms with E-state index < -0.39 is 9.84 Å². The number of nitrogens with zero attached hydrogens (tertiary/aromatic N) is 3. The number of hydrogen-bond acceptors (Lipinski definition) is 8. The van der Waals surface area contributed by atoms with Crippen molar-refractivity contribution in [3.8, 4) is 0 Å². The molecule has 3 aliphatic rings. The summed E-state index contributed by atoms with van der Waals surface area (Å²) in [6.45, 7) is 5.92. The summed E-state index contributed by atoms with van der Waals surface area (Å²) in [4.78, 5) is 31.2. The minimum Gasteiger partial charge on any atom is -0.385 e. The van der Waals surface area contributed by atoms with Gasteiger partial charge in [-0.25, -0.2) is 8.42 Å². The van der Waals surface area contributed by atoms with E-state index in [0.717, 1.165) is 32.4 Å². The zero-order valence-corrected chi connectivity index (χ0v) is 20.0. The number of nitrogens with one attached hydrogen (secondary N) is 1. The number of rotatable bonds is 11. The summed E-state index contributed by atoms with van der Waals surface area (Å²) in [6, 6.07) is -0.250. The van der Waals surface area contributed by atoms with Gasteiger partial charge in [-0.15, -0.1) is 0 Å². The molecule has 3 rings (SSSR count). The summed E-state index contributed by atoms with van der Waals surface area (Å²) in [7, 11) is -1.43. The van der Waals surface area contributed by atoms with E-state index in [4.69, 9.17) is 9.47 Å². The lowest BCUT2D eigenvalue weighted by Crippen LogP contribution is -2.54. The van der Waals surface area contributed by atoms with Crippen molar-refractivity contribution in [3.05, 3.63) is 0 Å². The number of methoxy groups -OCH3 is 1. The highest BCUT2D eigenvalue weighted by Crippen LogP contribution is 2.22. The van der Waals surface area contributed by atoms with Crippen LogP contribution in [-0.2, 0) is 28.9 Å². The molecule has 2 amide bonds. The van der Waals surface area contributed by atoms with Gasteiger partial charge in [-0.05, 0) is 25.7 Å². The number of carbonyl (C=O) groups excluding carboxylic acids is 2. The molecular weight excluding hydrogens is 436 g/mol. The van der Waals surface area contributed by atoms with Crippen LogP contribution in [-0.4, -0.2) is 131 Å². The first-order chi connectivity index (χ1) is 15.4. The van der Waals surface area contributed by atoms with Gasteiger partial charge >= 0.3 is 0 Å². The molecule has 1 N–H and O–H groups in total. The standard InChI is InChI=1S/C21H38N4O6S/c1-30-11-3-6-22-20(26)15-23-7-9-24(10-8-23)16-21(27)25(14-19-4-2-12-31-19)18-5-13-32(28,29)17-18/h18-19H,2-17H2,1H3,(H,22,26). The summed E-state index contributed by atoms with van der Waals surface area (Å²) in [5.74, 6) is 0.195. The van der Waals surface area contributed by atoms with E-state index in [1.54, 1.807) is 12.0 Å². The highest BCUT2D eigenvalue weighted by Gasteiger charge is 2.37. The molecule has 0 radical (unpaired) electrons. The molecule has 3 heterocycles. The van der Waals surface area contributed by atoms with E-state index >= 15 is 0 Å². The molecule has 0 bridgehead atoms. The van der Waals surface area contributed by atoms with Gasteiger partial charge < -0.3 is 19.7 Å². The number of hydrogen-bond donors (Lipinski definition) is 1. The highest BCUT2D eigenvalue weighted by atomic mass is 32.2. The first-order valence-corrected chi connectivity index (χ1v) is 13.5. The van der Waals surface area contributed by atoms with Crippen LogP contribution in [0.4, 0.5) is 0 Å². The lowest BCUT2D eigenvalue weighted by Gasteiger charge is -2.36. The Labute approximate surface area is 191 Å². The monoisotopic (exact) mass is 474 g/mol. The van der Waals surface area contributed by atoms with Crippen molar-refractivity contribution in [2.75, 3.05) is 84.2 Å². The Kier molecular flexibility index (Phi) is 9.72. The molecule has 0 aromatic heterocycles. The summed E-state index contributed by atoms with van der Waals surface area (Å²) in [5, 5.41) is 2.90. The van der Waals surface area contributed by atoms with Gasteiger partial charge in [0.1, 0.15) is 0 Å². The predicted octanol–water partition coefficient (Wildman–Crippen LogP) is -1.05. The van der Waals surface area contributed by atoms with Gasteiger partial charge in [0.25, 0.3) is 0 Å². The normalized spacial score (nSPS) is 26.3. The third kappa shape index (κ3) is 7.95. The number of carbonyl (C=O) groups is 2. The van der Waals surface area contributed by atoms with Crippen molar-refractivity contribution < 1.29 is 27.5 Å². The Hall–Kier alpha value is -1.27. The van der Waals surface area contributed by atoms with Crippen LogP contribution in [0.2, 0.25) is 0 Å². The molecule has 3 fully saturated rings. The Morgan fingerprint density at radius 2 is 1.84 bits per heavy atom. The number of ether oxygens (including phenoxy) is 2. The summed E-state index contributed by atoms with van der Waals surface area (Å²) >= 11 is 0. The van der Waals surface area contributed by atoms with E-state index in [1.807, 2.05) is 0 Å². The number of sulfone groups is 1. The van der Waals surface area contributed by atoms with Gasteiger partial charge in [-0.3, -0.25) is 19.4 Å². The molecule has 3 aliphatic heterocycles. The molecule has 2 unspecified atom stereocenters. The third-order valence-corrected chi connectivity index (χ3v) is 8.18. The average molecular weight is 475 g/mol. The maximum atomic E-state index is 13.2. The van der Waals surface area contributed by atoms with E-state index in [1.165, 1.54) is 0 Å². The van der Waals surface area contributed by atoms with Gasteiger partial charge in [-0.2, -0.15) is 0 Å². The Morgan fingerprint density at radius 1 is 1.12 bits per heavy atom. The molecule has 0 aromatic rings. The Bertz CT molecular complexity index is 720. The number of amides is 2. The lowest BCUT2D eigenvalue weighted by atomic mass is 10.1. The van der Waals surface area contributed by atoms with Crippen molar-refractivity contribution in [1.82, 2.24) is 20.0 Å². The second-order valence-electron chi connectivity index (χ2n) is 8.99. The Balaban J connectivity index is 1.44. The SMILES string of the molecule is COCCCNC(=O)CN1CCN(CC(=O)N(CC2CCCO2)C2CCS(=O)(=O)C2)CC1. The molecule has 11 heteroatoms. The average Bonchev–Trinajstić information content (AvgIpc) is 3.40. The van der Waals surface area contributed by atoms with Crippen LogP contribution in [0.15, 0.2) is 0 Å². The summed E-state index contributed by atoms with van der Waals surface area (Å²) in [5.41, 5.74) is 0. The van der Waals surface area contributed by atoms with E-state index in [9.17, 15) is 18.0 Å². The molecular formula is C21H38N4O6S. The van der Waals surface area contributed by atoms with Crippen LogP contribution in [0, 0.1) is 0 Å². The van der Waals surface area contributed by atoms with Crippen LogP contribution in [0.3, 0.4) is 0 Å². The summed E-state index contributed by atoms with van der Waals surface area (Å²) in [6.07, 6.45) is 3.20. The number of piperazine rings is 1. The zero-order valence-electron chi connectivity index (χ0n) is 19.2. The largest absolute Gasteiger partial charge is 0.385 e. The molecule has 0 spiro atoms. The van der Waals surface area contributed by atoms with Crippen molar-refractivity contribution >= 4 is 21.7 Å². The molecule has 0 aromatic carbocycles. The smallest absolute Gasteiger partial charge is 0.237 e. The second-order valence-corrected chi connectivity index (χ2v) is 11.2. The molecule has 0 saturated carbocycles. The molecule has 3 saturated heterocycles. The van der Waals surface area contributed by atoms with Gasteiger partial charge in [0.15, 0.2) is 9.84 Å². The van der Waals surface area contributed by atoms with E-state index in [2.05, 4.69) is 15.1 Å². The molecule has 2 atom stereocenters. The van der Waals surface area contributed by atoms with Gasteiger partial charge in [0, 0.05) is 65.6 Å². The van der Waals surface area contributed by atoms with Gasteiger partial charge in [0.2, 0.25) is 11.8 Å². The van der Waals surface area contributed by atoms with E-state index in [-0.39, 0.29) is 42.0 Å². The zero-order chi connectivity index (χ0) is 23.0. The van der Waals surface area contributed by atoms with Gasteiger partial charge in [0.05, 0.1) is 30.7 Å². The van der Waals surface area contributed by atoms with Crippen molar-refractivity contribution in [3.63, 3.8) is 0 Å². The van der Waals surface area contributed by atoms with Crippen LogP contribution >= 0.6 is 0 Å². The first kappa shape index (κ1) is 25.4. The summed E-state index contributed by atoms with van der Waals surface area (Å²) < 4.78 is 34.7. The van der Waals surface area contributed by atoms with Crippen LogP contribution in [0.1, 0.15) is 25.7 Å². The topological polar surface area (TPSA) is 108 Å². The van der Waals surface area contributed by atoms with Crippen molar-refractivity contribution in [2.45, 2.75) is 37.8 Å². The highest BCUT2D eigenvalue weighted by molar-refractivity contribution is 7.91. The Morgan fingerprint density at radius 3 is 2.44 bits per heavy atom. The van der Waals surface area contributed by atoms with Crippen LogP contribution < -0.4 is 5.32 Å². The minimum atomic E-state index is -3.07. The fraction of sp³-hybridized carbons (Fsp3) is 0.905. The molecule has 10 nitrogen and oxygen atoms in total. The maximum Gasteiger partial charge on any atom is 0.237 e. The molecule has 184 valence electrons. The molecule has 0 aliphatic carbocycles. The predicted molar refractivity (Wildman–Crippen MR) is 120 cm³/mol. The quantitative estimate of drug-likeness (QED) is 0.378. The van der Waals surface area contributed by atoms with Crippen molar-refractivity contribution in [1.29, 1.82) is 0 Å². The van der Waals surface area contributed by atoms with Crippen LogP contribution in [0.25, 0.3) is 0 Å². The van der Waals surface area contributed by atoms with E-state index in [0.29, 0.717) is 52.4 Å². The fourth-order valence-corrected chi connectivity index (χ4v) is 6.31. The second kappa shape index (κ2) is 12.3. The van der Waals surface area contributed by atoms with Gasteiger partial charge in [-0.1, -0.05) is 0 Å². The first-order valence-electron chi connectivity index (χ1n) is 11.7. The third-order valence-electron chi connectivity index (χ3n) is 6.43. The fourth-order valence-electron chi connectivity index (χ4n) is 4.57. The van der Waals surface area contributed by atoms with Crippen LogP contribution in [0.5, 0.6) is 0 Å². The maximum absolute atomic E-state index is 13.2. The van der Waals surface area contributed by atoms with Crippen molar-refractivity contribution in [2.24, 2.45) is 0 Å². The minimum absolute atomic E-state index is 0.00139. The lowest BCUT2D eigenvalue weighted by molar-refractivity contribution is -0.136.